The van der Waals surface area contributed by atoms with Crippen LogP contribution in [0, 0.1) is 0 Å². The van der Waals surface area contributed by atoms with Crippen LogP contribution < -0.4 is 0 Å². The molecule has 4 nitrogen and oxygen atoms in total. The maximum atomic E-state index is 12.3. The van der Waals surface area contributed by atoms with Crippen molar-refractivity contribution in [1.82, 2.24) is 9.80 Å². The Bertz CT molecular complexity index is 290. The van der Waals surface area contributed by atoms with E-state index in [0.717, 1.165) is 13.0 Å². The molecule has 4 heteroatoms. The summed E-state index contributed by atoms with van der Waals surface area (Å²) in [5.74, 6) is 0.0902. The molecule has 0 aromatic carbocycles. The number of carbonyl (C=O) groups excluding carboxylic acids is 1. The van der Waals surface area contributed by atoms with Crippen LogP contribution in [0.1, 0.15) is 45.4 Å². The molecule has 0 radical (unpaired) electrons. The zero-order chi connectivity index (χ0) is 13.1. The Hall–Kier alpha value is -0.610. The molecule has 1 aliphatic carbocycles. The third kappa shape index (κ3) is 2.69. The van der Waals surface area contributed by atoms with E-state index in [-0.39, 0.29) is 18.6 Å². The van der Waals surface area contributed by atoms with E-state index in [4.69, 9.17) is 0 Å². The summed E-state index contributed by atoms with van der Waals surface area (Å²) in [5.41, 5.74) is 0. The quantitative estimate of drug-likeness (QED) is 0.806. The number of hydrogen-bond acceptors (Lipinski definition) is 3. The maximum Gasteiger partial charge on any atom is 0.242 e. The Morgan fingerprint density at radius 3 is 2.50 bits per heavy atom. The van der Waals surface area contributed by atoms with Crippen LogP contribution in [0.4, 0.5) is 0 Å². The van der Waals surface area contributed by atoms with Crippen molar-refractivity contribution in [3.05, 3.63) is 0 Å². The highest BCUT2D eigenvalue weighted by atomic mass is 16.3. The molecule has 18 heavy (non-hydrogen) atoms. The molecule has 1 aliphatic heterocycles. The third-order valence-electron chi connectivity index (χ3n) is 4.58. The molecule has 2 aliphatic rings. The lowest BCUT2D eigenvalue weighted by molar-refractivity contribution is -0.137. The fraction of sp³-hybridized carbons (Fsp3) is 0.929. The average Bonchev–Trinajstić information content (AvgIpc) is 2.51. The van der Waals surface area contributed by atoms with Crippen molar-refractivity contribution < 1.29 is 9.90 Å². The number of nitrogens with zero attached hydrogens (tertiary/aromatic N) is 2. The van der Waals surface area contributed by atoms with E-state index >= 15 is 0 Å². The first-order chi connectivity index (χ1) is 8.65. The number of aliphatic hydroxyl groups excluding tert-OH is 1. The minimum Gasteiger partial charge on any atom is -0.394 e. The monoisotopic (exact) mass is 254 g/mol. The van der Waals surface area contributed by atoms with Crippen molar-refractivity contribution in [2.75, 3.05) is 20.2 Å². The second-order valence-corrected chi connectivity index (χ2v) is 5.83. The smallest absolute Gasteiger partial charge is 0.242 e. The fourth-order valence-electron chi connectivity index (χ4n) is 3.49. The highest BCUT2D eigenvalue weighted by molar-refractivity contribution is 5.82. The first-order valence-corrected chi connectivity index (χ1v) is 7.28. The van der Waals surface area contributed by atoms with E-state index in [1.807, 2.05) is 7.05 Å². The fourth-order valence-corrected chi connectivity index (χ4v) is 3.49. The van der Waals surface area contributed by atoms with Gasteiger partial charge < -0.3 is 10.0 Å². The van der Waals surface area contributed by atoms with Gasteiger partial charge in [-0.3, -0.25) is 9.69 Å². The minimum atomic E-state index is -0.324. The van der Waals surface area contributed by atoms with Crippen LogP contribution in [0.3, 0.4) is 0 Å². The molecule has 0 spiro atoms. The molecule has 2 fully saturated rings. The van der Waals surface area contributed by atoms with Crippen LogP contribution in [-0.2, 0) is 4.79 Å². The van der Waals surface area contributed by atoms with Crippen LogP contribution in [-0.4, -0.2) is 59.1 Å². The van der Waals surface area contributed by atoms with Crippen molar-refractivity contribution in [3.8, 4) is 0 Å². The SMILES string of the molecule is CC1CCN(C)C(=O)C(CO)N1C1CCCCC1. The number of aliphatic hydroxyl groups is 1. The number of rotatable bonds is 2. The zero-order valence-corrected chi connectivity index (χ0v) is 11.6. The third-order valence-corrected chi connectivity index (χ3v) is 4.58. The largest absolute Gasteiger partial charge is 0.394 e. The van der Waals surface area contributed by atoms with Crippen molar-refractivity contribution in [3.63, 3.8) is 0 Å². The lowest BCUT2D eigenvalue weighted by Crippen LogP contribution is -2.54. The van der Waals surface area contributed by atoms with Crippen LogP contribution in [0.15, 0.2) is 0 Å². The van der Waals surface area contributed by atoms with Crippen LogP contribution in [0.2, 0.25) is 0 Å². The van der Waals surface area contributed by atoms with Gasteiger partial charge in [-0.15, -0.1) is 0 Å². The van der Waals surface area contributed by atoms with E-state index in [0.29, 0.717) is 12.1 Å². The normalized spacial score (nSPS) is 32.6. The Balaban J connectivity index is 2.18. The van der Waals surface area contributed by atoms with Gasteiger partial charge in [-0.25, -0.2) is 0 Å². The van der Waals surface area contributed by atoms with Crippen LogP contribution >= 0.6 is 0 Å². The molecule has 1 heterocycles. The van der Waals surface area contributed by atoms with Crippen LogP contribution in [0.5, 0.6) is 0 Å². The molecule has 2 rings (SSSR count). The van der Waals surface area contributed by atoms with E-state index in [9.17, 15) is 9.90 Å². The minimum absolute atomic E-state index is 0.0516. The van der Waals surface area contributed by atoms with E-state index < -0.39 is 0 Å². The number of amides is 1. The van der Waals surface area contributed by atoms with Gasteiger partial charge >= 0.3 is 0 Å². The predicted molar refractivity (Wildman–Crippen MR) is 71.3 cm³/mol. The van der Waals surface area contributed by atoms with Crippen molar-refractivity contribution in [2.24, 2.45) is 0 Å². The second kappa shape index (κ2) is 6.02. The average molecular weight is 254 g/mol. The Kier molecular flexibility index (Phi) is 4.62. The summed E-state index contributed by atoms with van der Waals surface area (Å²) in [7, 11) is 1.85. The molecule has 104 valence electrons. The Morgan fingerprint density at radius 2 is 1.89 bits per heavy atom. The molecule has 0 bridgehead atoms. The molecule has 1 amide bonds. The first-order valence-electron chi connectivity index (χ1n) is 7.28. The van der Waals surface area contributed by atoms with Crippen LogP contribution in [0.25, 0.3) is 0 Å². The number of hydrogen-bond donors (Lipinski definition) is 1. The van der Waals surface area contributed by atoms with Gasteiger partial charge in [-0.2, -0.15) is 0 Å². The van der Waals surface area contributed by atoms with Gasteiger partial charge in [0.15, 0.2) is 0 Å². The van der Waals surface area contributed by atoms with E-state index in [1.54, 1.807) is 4.90 Å². The molecule has 0 aromatic rings. The maximum absolute atomic E-state index is 12.3. The van der Waals surface area contributed by atoms with Gasteiger partial charge in [0.2, 0.25) is 5.91 Å². The lowest BCUT2D eigenvalue weighted by atomic mass is 9.91. The van der Waals surface area contributed by atoms with Crippen molar-refractivity contribution >= 4 is 5.91 Å². The molecule has 2 unspecified atom stereocenters. The standard InChI is InChI=1S/C14H26N2O2/c1-11-8-9-15(2)14(18)13(10-17)16(11)12-6-4-3-5-7-12/h11-13,17H,3-10H2,1-2H3. The summed E-state index contributed by atoms with van der Waals surface area (Å²) in [6.45, 7) is 2.95. The predicted octanol–water partition coefficient (Wildman–Crippen LogP) is 1.23. The summed E-state index contributed by atoms with van der Waals surface area (Å²) in [6, 6.07) is 0.552. The van der Waals surface area contributed by atoms with Gasteiger partial charge in [0.25, 0.3) is 0 Å². The van der Waals surface area contributed by atoms with Gasteiger partial charge in [0.1, 0.15) is 6.04 Å². The first kappa shape index (κ1) is 13.8. The van der Waals surface area contributed by atoms with E-state index in [1.165, 1.54) is 32.1 Å². The molecule has 0 aromatic heterocycles. The molecule has 2 atom stereocenters. The highest BCUT2D eigenvalue weighted by Crippen LogP contribution is 2.28. The molecule has 1 N–H and O–H groups in total. The van der Waals surface area contributed by atoms with Crippen molar-refractivity contribution in [2.45, 2.75) is 63.6 Å². The molecule has 1 saturated carbocycles. The number of likely N-dealkylation sites (N-methyl/N-ethyl adjacent to an activating group) is 1. The Labute approximate surface area is 110 Å². The zero-order valence-electron chi connectivity index (χ0n) is 11.6. The lowest BCUT2D eigenvalue weighted by Gasteiger charge is -2.41. The molecular weight excluding hydrogens is 228 g/mol. The van der Waals surface area contributed by atoms with Gasteiger partial charge in [-0.1, -0.05) is 19.3 Å². The van der Waals surface area contributed by atoms with Gasteiger partial charge in [0, 0.05) is 25.7 Å². The van der Waals surface area contributed by atoms with E-state index in [2.05, 4.69) is 11.8 Å². The second-order valence-electron chi connectivity index (χ2n) is 5.83. The molecular formula is C14H26N2O2. The Morgan fingerprint density at radius 1 is 1.22 bits per heavy atom. The summed E-state index contributed by atoms with van der Waals surface area (Å²) >= 11 is 0. The summed E-state index contributed by atoms with van der Waals surface area (Å²) < 4.78 is 0. The van der Waals surface area contributed by atoms with Gasteiger partial charge in [0.05, 0.1) is 6.61 Å². The summed E-state index contributed by atoms with van der Waals surface area (Å²) in [5, 5.41) is 9.63. The van der Waals surface area contributed by atoms with Gasteiger partial charge in [-0.05, 0) is 26.2 Å². The number of carbonyl (C=O) groups is 1. The summed E-state index contributed by atoms with van der Waals surface area (Å²) in [4.78, 5) is 16.4. The highest BCUT2D eigenvalue weighted by Gasteiger charge is 2.38. The summed E-state index contributed by atoms with van der Waals surface area (Å²) in [6.07, 6.45) is 7.20. The van der Waals surface area contributed by atoms with Crippen molar-refractivity contribution in [1.29, 1.82) is 0 Å². The molecule has 1 saturated heterocycles. The topological polar surface area (TPSA) is 43.8 Å².